The van der Waals surface area contributed by atoms with Crippen molar-refractivity contribution in [1.82, 2.24) is 9.38 Å². The monoisotopic (exact) mass is 237 g/mol. The molecule has 0 fully saturated rings. The Morgan fingerprint density at radius 1 is 1.50 bits per heavy atom. The largest absolute Gasteiger partial charge is 0.370 e. The molecule has 1 N–H and O–H groups in total. The smallest absolute Gasteiger partial charge is 0.276 e. The normalized spacial score (nSPS) is 11.9. The molecule has 0 aliphatic carbocycles. The van der Waals surface area contributed by atoms with Crippen LogP contribution in [0, 0.1) is 5.41 Å². The molecule has 86 valence electrons. The topological polar surface area (TPSA) is 46.4 Å². The van der Waals surface area contributed by atoms with Crippen LogP contribution < -0.4 is 10.9 Å². The minimum absolute atomic E-state index is 0.176. The lowest BCUT2D eigenvalue weighted by Gasteiger charge is -2.19. The first-order valence-electron chi connectivity index (χ1n) is 5.16. The lowest BCUT2D eigenvalue weighted by molar-refractivity contribution is 0.442. The van der Waals surface area contributed by atoms with Gasteiger partial charge in [0.25, 0.3) is 5.56 Å². The quantitative estimate of drug-likeness (QED) is 0.871. The molecular weight excluding hydrogens is 222 g/mol. The highest BCUT2D eigenvalue weighted by molar-refractivity contribution is 7.15. The molecule has 0 amide bonds. The fourth-order valence-corrected chi connectivity index (χ4v) is 2.06. The third kappa shape index (κ3) is 2.41. The van der Waals surface area contributed by atoms with E-state index < -0.39 is 0 Å². The van der Waals surface area contributed by atoms with Gasteiger partial charge >= 0.3 is 0 Å². The van der Waals surface area contributed by atoms with Gasteiger partial charge in [0.2, 0.25) is 0 Å². The van der Waals surface area contributed by atoms with Crippen molar-refractivity contribution in [3.8, 4) is 0 Å². The van der Waals surface area contributed by atoms with Gasteiger partial charge in [0.1, 0.15) is 5.82 Å². The van der Waals surface area contributed by atoms with Crippen molar-refractivity contribution in [3.63, 3.8) is 0 Å². The molecule has 4 nitrogen and oxygen atoms in total. The second-order valence-electron chi connectivity index (χ2n) is 4.95. The molecule has 0 atom stereocenters. The molecule has 5 heteroatoms. The maximum atomic E-state index is 11.4. The summed E-state index contributed by atoms with van der Waals surface area (Å²) < 4.78 is 1.90. The molecule has 0 bridgehead atoms. The van der Waals surface area contributed by atoms with Gasteiger partial charge in [-0.1, -0.05) is 20.8 Å². The molecular formula is C11H15N3OS. The molecule has 0 radical (unpaired) electrons. The third-order valence-corrected chi connectivity index (χ3v) is 2.87. The van der Waals surface area contributed by atoms with E-state index in [9.17, 15) is 4.79 Å². The van der Waals surface area contributed by atoms with Crippen LogP contribution in [-0.2, 0) is 0 Å². The van der Waals surface area contributed by atoms with Crippen LogP contribution in [0.25, 0.3) is 4.96 Å². The maximum absolute atomic E-state index is 11.4. The molecule has 2 heterocycles. The first kappa shape index (κ1) is 11.1. The van der Waals surface area contributed by atoms with Gasteiger partial charge in [-0.2, -0.15) is 4.98 Å². The average Bonchev–Trinajstić information content (AvgIpc) is 2.60. The zero-order valence-corrected chi connectivity index (χ0v) is 10.5. The second kappa shape index (κ2) is 3.90. The molecule has 2 rings (SSSR count). The number of rotatable bonds is 2. The Bertz CT molecular complexity index is 550. The summed E-state index contributed by atoms with van der Waals surface area (Å²) in [5.41, 5.74) is -0.0197. The van der Waals surface area contributed by atoms with Crippen LogP contribution in [0.15, 0.2) is 22.4 Å². The maximum Gasteiger partial charge on any atom is 0.276 e. The molecule has 0 unspecified atom stereocenters. The van der Waals surface area contributed by atoms with E-state index in [-0.39, 0.29) is 11.0 Å². The molecule has 2 aromatic heterocycles. The second-order valence-corrected chi connectivity index (χ2v) is 5.82. The van der Waals surface area contributed by atoms with E-state index in [1.165, 1.54) is 17.4 Å². The number of hydrogen-bond donors (Lipinski definition) is 1. The first-order valence-corrected chi connectivity index (χ1v) is 6.04. The minimum Gasteiger partial charge on any atom is -0.370 e. The van der Waals surface area contributed by atoms with Crippen molar-refractivity contribution < 1.29 is 0 Å². The fourth-order valence-electron chi connectivity index (χ4n) is 1.34. The highest BCUT2D eigenvalue weighted by atomic mass is 32.1. The molecule has 16 heavy (non-hydrogen) atoms. The van der Waals surface area contributed by atoms with Gasteiger partial charge in [-0.25, -0.2) is 0 Å². The summed E-state index contributed by atoms with van der Waals surface area (Å²) in [6, 6.07) is 1.53. The first-order chi connectivity index (χ1) is 7.46. The summed E-state index contributed by atoms with van der Waals surface area (Å²) in [4.78, 5) is 16.0. The van der Waals surface area contributed by atoms with Gasteiger partial charge < -0.3 is 5.32 Å². The standard InChI is InChI=1S/C11H15N3OS/c1-11(2,3)7-12-8-6-9(15)13-10-14(8)4-5-16-10/h4-6,12H,7H2,1-3H3. The van der Waals surface area contributed by atoms with Crippen LogP contribution >= 0.6 is 11.3 Å². The SMILES string of the molecule is CC(C)(C)CNc1cc(=O)nc2sccn12. The molecule has 2 aromatic rings. The van der Waals surface area contributed by atoms with Crippen LogP contribution in [0.2, 0.25) is 0 Å². The Hall–Kier alpha value is -1.36. The predicted octanol–water partition coefficient (Wildman–Crippen LogP) is 2.21. The Morgan fingerprint density at radius 3 is 2.94 bits per heavy atom. The van der Waals surface area contributed by atoms with E-state index >= 15 is 0 Å². The van der Waals surface area contributed by atoms with Crippen molar-refractivity contribution in [1.29, 1.82) is 0 Å². The summed E-state index contributed by atoms with van der Waals surface area (Å²) in [5, 5.41) is 5.20. The zero-order chi connectivity index (χ0) is 11.8. The highest BCUT2D eigenvalue weighted by Gasteiger charge is 2.11. The van der Waals surface area contributed by atoms with E-state index in [0.29, 0.717) is 0 Å². The van der Waals surface area contributed by atoms with Crippen LogP contribution in [0.3, 0.4) is 0 Å². The van der Waals surface area contributed by atoms with E-state index in [0.717, 1.165) is 17.3 Å². The van der Waals surface area contributed by atoms with E-state index in [4.69, 9.17) is 0 Å². The third-order valence-electron chi connectivity index (χ3n) is 2.11. The molecule has 0 aliphatic heterocycles. The number of anilines is 1. The summed E-state index contributed by atoms with van der Waals surface area (Å²) in [5.74, 6) is 0.811. The fraction of sp³-hybridized carbons (Fsp3) is 0.455. The number of hydrogen-bond acceptors (Lipinski definition) is 4. The van der Waals surface area contributed by atoms with Gasteiger partial charge in [-0.3, -0.25) is 9.20 Å². The number of nitrogens with zero attached hydrogens (tertiary/aromatic N) is 2. The molecule has 0 saturated carbocycles. The van der Waals surface area contributed by atoms with Crippen molar-refractivity contribution >= 4 is 22.1 Å². The Labute approximate surface area is 98.0 Å². The van der Waals surface area contributed by atoms with Gasteiger partial charge in [-0.05, 0) is 5.41 Å². The van der Waals surface area contributed by atoms with E-state index in [2.05, 4.69) is 31.1 Å². The number of aromatic nitrogens is 2. The summed E-state index contributed by atoms with van der Waals surface area (Å²) >= 11 is 1.46. The Kier molecular flexibility index (Phi) is 2.71. The highest BCUT2D eigenvalue weighted by Crippen LogP contribution is 2.17. The zero-order valence-electron chi connectivity index (χ0n) is 9.65. The van der Waals surface area contributed by atoms with Crippen LogP contribution in [0.5, 0.6) is 0 Å². The summed E-state index contributed by atoms with van der Waals surface area (Å²) in [7, 11) is 0. The lowest BCUT2D eigenvalue weighted by atomic mass is 9.97. The molecule has 0 aromatic carbocycles. The number of nitrogens with one attached hydrogen (secondary N) is 1. The van der Waals surface area contributed by atoms with Crippen LogP contribution in [0.4, 0.5) is 5.82 Å². The Morgan fingerprint density at radius 2 is 2.25 bits per heavy atom. The number of thiazole rings is 1. The lowest BCUT2D eigenvalue weighted by Crippen LogP contribution is -2.21. The van der Waals surface area contributed by atoms with Gasteiger partial charge in [0.05, 0.1) is 0 Å². The van der Waals surface area contributed by atoms with Gasteiger partial charge in [-0.15, -0.1) is 11.3 Å². The average molecular weight is 237 g/mol. The van der Waals surface area contributed by atoms with Gasteiger partial charge in [0, 0.05) is 24.2 Å². The predicted molar refractivity (Wildman–Crippen MR) is 67.3 cm³/mol. The minimum atomic E-state index is -0.196. The van der Waals surface area contributed by atoms with Gasteiger partial charge in [0.15, 0.2) is 4.96 Å². The van der Waals surface area contributed by atoms with E-state index in [1.807, 2.05) is 16.0 Å². The van der Waals surface area contributed by atoms with Crippen molar-refractivity contribution in [2.45, 2.75) is 20.8 Å². The molecule has 0 saturated heterocycles. The molecule has 0 aliphatic rings. The Balaban J connectivity index is 2.36. The van der Waals surface area contributed by atoms with Crippen LogP contribution in [0.1, 0.15) is 20.8 Å². The van der Waals surface area contributed by atoms with Crippen molar-refractivity contribution in [2.24, 2.45) is 5.41 Å². The van der Waals surface area contributed by atoms with Crippen molar-refractivity contribution in [2.75, 3.05) is 11.9 Å². The number of fused-ring (bicyclic) bond motifs is 1. The van der Waals surface area contributed by atoms with Crippen molar-refractivity contribution in [3.05, 3.63) is 28.0 Å². The van der Waals surface area contributed by atoms with Crippen LogP contribution in [-0.4, -0.2) is 15.9 Å². The summed E-state index contributed by atoms with van der Waals surface area (Å²) in [6.07, 6.45) is 1.91. The summed E-state index contributed by atoms with van der Waals surface area (Å²) in [6.45, 7) is 7.26. The molecule has 0 spiro atoms. The van der Waals surface area contributed by atoms with E-state index in [1.54, 1.807) is 0 Å².